The molecular weight excluding hydrogens is 416 g/mol. The monoisotopic (exact) mass is 452 g/mol. The molecule has 0 saturated carbocycles. The van der Waals surface area contributed by atoms with Gasteiger partial charge in [-0.1, -0.05) is 19.4 Å². The summed E-state index contributed by atoms with van der Waals surface area (Å²) in [6, 6.07) is -0.574. The molecule has 0 aromatic rings. The molecule has 7 nitrogen and oxygen atoms in total. The van der Waals surface area contributed by atoms with Crippen molar-refractivity contribution < 1.29 is 24.2 Å². The third-order valence-electron chi connectivity index (χ3n) is 6.84. The molecule has 174 valence electrons. The Labute approximate surface area is 189 Å². The summed E-state index contributed by atoms with van der Waals surface area (Å²) in [4.78, 5) is 43.8. The maximum atomic E-state index is 13.9. The molecule has 1 spiro atoms. The van der Waals surface area contributed by atoms with E-state index in [0.29, 0.717) is 32.5 Å². The Hall–Kier alpha value is -1.54. The molecule has 5 atom stereocenters. The number of likely N-dealkylation sites (tertiary alicyclic amines) is 1. The van der Waals surface area contributed by atoms with E-state index in [0.717, 1.165) is 25.7 Å². The summed E-state index contributed by atoms with van der Waals surface area (Å²) < 4.78 is 4.77. The largest absolute Gasteiger partial charge is 0.466 e. The average molecular weight is 453 g/mol. The normalized spacial score (nSPS) is 31.1. The summed E-state index contributed by atoms with van der Waals surface area (Å²) in [6.45, 7) is 9.51. The van der Waals surface area contributed by atoms with Gasteiger partial charge in [0.05, 0.1) is 23.2 Å². The first-order chi connectivity index (χ1) is 15.0. The molecule has 8 heteroatoms. The van der Waals surface area contributed by atoms with Gasteiger partial charge in [-0.15, -0.1) is 18.3 Å². The zero-order valence-electron chi connectivity index (χ0n) is 18.8. The first-order valence-electron chi connectivity index (χ1n) is 11.6. The molecule has 31 heavy (non-hydrogen) atoms. The van der Waals surface area contributed by atoms with E-state index < -0.39 is 22.6 Å². The van der Waals surface area contributed by atoms with Crippen LogP contribution in [0.15, 0.2) is 12.7 Å². The maximum absolute atomic E-state index is 13.9. The van der Waals surface area contributed by atoms with Crippen LogP contribution in [0.5, 0.6) is 0 Å². The number of hydrogen-bond donors (Lipinski definition) is 1. The van der Waals surface area contributed by atoms with Crippen LogP contribution >= 0.6 is 11.8 Å². The van der Waals surface area contributed by atoms with Crippen molar-refractivity contribution in [1.82, 2.24) is 9.80 Å². The number of ether oxygens (including phenoxy) is 1. The highest BCUT2D eigenvalue weighted by Gasteiger charge is 2.74. The molecule has 3 rings (SSSR count). The van der Waals surface area contributed by atoms with E-state index in [1.54, 1.807) is 29.7 Å². The maximum Gasteiger partial charge on any atom is 0.310 e. The Bertz CT molecular complexity index is 701. The van der Waals surface area contributed by atoms with Gasteiger partial charge in [-0.05, 0) is 39.0 Å². The lowest BCUT2D eigenvalue weighted by molar-refractivity contribution is -0.153. The van der Waals surface area contributed by atoms with Crippen molar-refractivity contribution in [2.45, 2.75) is 68.4 Å². The highest BCUT2D eigenvalue weighted by molar-refractivity contribution is 8.02. The highest BCUT2D eigenvalue weighted by Crippen LogP contribution is 2.66. The van der Waals surface area contributed by atoms with Gasteiger partial charge in [0.25, 0.3) is 0 Å². The van der Waals surface area contributed by atoms with Crippen molar-refractivity contribution in [3.63, 3.8) is 0 Å². The van der Waals surface area contributed by atoms with Crippen LogP contribution in [0.2, 0.25) is 0 Å². The number of carbonyl (C=O) groups excluding carboxylic acids is 3. The molecule has 2 amide bonds. The number of rotatable bonds is 12. The number of fused-ring (bicyclic) bond motifs is 1. The summed E-state index contributed by atoms with van der Waals surface area (Å²) in [5.74, 6) is -1.43. The van der Waals surface area contributed by atoms with Gasteiger partial charge in [0.1, 0.15) is 6.04 Å². The van der Waals surface area contributed by atoms with Crippen LogP contribution in [0.25, 0.3) is 0 Å². The molecule has 1 N–H and O–H groups in total. The SMILES string of the molecule is C=CCN(CCCC)C(=O)C1N(CCCCO)C(=O)[C@@H]2[C@@H](C(=O)OCC)[C@H]3CCC12S3. The van der Waals surface area contributed by atoms with Crippen LogP contribution in [0, 0.1) is 11.8 Å². The fourth-order valence-corrected chi connectivity index (χ4v) is 7.74. The van der Waals surface area contributed by atoms with Crippen LogP contribution in [0.4, 0.5) is 0 Å². The second kappa shape index (κ2) is 10.4. The molecule has 3 aliphatic heterocycles. The summed E-state index contributed by atoms with van der Waals surface area (Å²) in [6.07, 6.45) is 6.38. The predicted molar refractivity (Wildman–Crippen MR) is 120 cm³/mol. The lowest BCUT2D eigenvalue weighted by Gasteiger charge is -2.37. The van der Waals surface area contributed by atoms with Gasteiger partial charge in [0.15, 0.2) is 0 Å². The van der Waals surface area contributed by atoms with E-state index in [1.807, 2.05) is 4.90 Å². The summed E-state index contributed by atoms with van der Waals surface area (Å²) >= 11 is 1.67. The van der Waals surface area contributed by atoms with Crippen molar-refractivity contribution >= 4 is 29.5 Å². The second-order valence-corrected chi connectivity index (χ2v) is 10.3. The molecule has 0 aromatic carbocycles. The zero-order valence-corrected chi connectivity index (χ0v) is 19.6. The van der Waals surface area contributed by atoms with Crippen molar-refractivity contribution in [3.8, 4) is 0 Å². The Balaban J connectivity index is 1.96. The van der Waals surface area contributed by atoms with Gasteiger partial charge < -0.3 is 19.6 Å². The van der Waals surface area contributed by atoms with Crippen molar-refractivity contribution in [3.05, 3.63) is 12.7 Å². The number of hydrogen-bond acceptors (Lipinski definition) is 6. The number of aliphatic hydroxyl groups excluding tert-OH is 1. The molecule has 3 fully saturated rings. The molecule has 2 bridgehead atoms. The molecule has 3 saturated heterocycles. The van der Waals surface area contributed by atoms with Gasteiger partial charge in [-0.2, -0.15) is 0 Å². The summed E-state index contributed by atoms with van der Waals surface area (Å²) in [5, 5.41) is 9.25. The van der Waals surface area contributed by atoms with Gasteiger partial charge >= 0.3 is 5.97 Å². The smallest absolute Gasteiger partial charge is 0.310 e. The van der Waals surface area contributed by atoms with Gasteiger partial charge in [-0.25, -0.2) is 0 Å². The summed E-state index contributed by atoms with van der Waals surface area (Å²) in [5.41, 5.74) is 0. The zero-order chi connectivity index (χ0) is 22.6. The van der Waals surface area contributed by atoms with E-state index in [9.17, 15) is 19.5 Å². The molecule has 0 radical (unpaired) electrons. The second-order valence-electron chi connectivity index (χ2n) is 8.70. The first kappa shape index (κ1) is 24.1. The highest BCUT2D eigenvalue weighted by atomic mass is 32.2. The van der Waals surface area contributed by atoms with Gasteiger partial charge in [0, 0.05) is 31.5 Å². The number of nitrogens with zero attached hydrogens (tertiary/aromatic N) is 2. The van der Waals surface area contributed by atoms with Crippen LogP contribution in [0.1, 0.15) is 52.4 Å². The van der Waals surface area contributed by atoms with Crippen LogP contribution in [-0.2, 0) is 19.1 Å². The quantitative estimate of drug-likeness (QED) is 0.278. The molecule has 0 aliphatic carbocycles. The molecular formula is C23H36N2O5S. The van der Waals surface area contributed by atoms with Crippen LogP contribution in [0.3, 0.4) is 0 Å². The van der Waals surface area contributed by atoms with E-state index >= 15 is 0 Å². The topological polar surface area (TPSA) is 87.2 Å². The lowest BCUT2D eigenvalue weighted by atomic mass is 9.71. The Morgan fingerprint density at radius 1 is 1.35 bits per heavy atom. The number of aliphatic hydroxyl groups is 1. The number of thioether (sulfide) groups is 1. The number of unbranched alkanes of at least 4 members (excludes halogenated alkanes) is 2. The third kappa shape index (κ3) is 4.25. The minimum Gasteiger partial charge on any atom is -0.466 e. The Morgan fingerprint density at radius 3 is 2.77 bits per heavy atom. The fourth-order valence-electron chi connectivity index (χ4n) is 5.54. The lowest BCUT2D eigenvalue weighted by Crippen LogP contribution is -2.55. The van der Waals surface area contributed by atoms with E-state index in [4.69, 9.17) is 4.74 Å². The summed E-state index contributed by atoms with van der Waals surface area (Å²) in [7, 11) is 0. The first-order valence-corrected chi connectivity index (χ1v) is 12.5. The minimum absolute atomic E-state index is 0.0337. The molecule has 0 aromatic heterocycles. The van der Waals surface area contributed by atoms with Crippen LogP contribution in [-0.4, -0.2) is 81.6 Å². The van der Waals surface area contributed by atoms with E-state index in [-0.39, 0.29) is 36.2 Å². The molecule has 3 aliphatic rings. The standard InChI is InChI=1S/C23H36N2O5S/c1-4-7-13-24(12-5-2)21(28)19-23-11-10-16(31-23)17(22(29)30-6-3)18(23)20(27)25(19)14-8-9-15-26/h5,16-19,26H,2,4,6-15H2,1,3H3/t16-,17+,18+,19?,23?/m1/s1. The van der Waals surface area contributed by atoms with Crippen molar-refractivity contribution in [2.24, 2.45) is 11.8 Å². The van der Waals surface area contributed by atoms with E-state index in [1.165, 1.54) is 0 Å². The Kier molecular flexibility index (Phi) is 8.08. The molecule has 2 unspecified atom stereocenters. The van der Waals surface area contributed by atoms with Crippen molar-refractivity contribution in [1.29, 1.82) is 0 Å². The Morgan fingerprint density at radius 2 is 2.13 bits per heavy atom. The van der Waals surface area contributed by atoms with Crippen LogP contribution < -0.4 is 0 Å². The van der Waals surface area contributed by atoms with E-state index in [2.05, 4.69) is 13.5 Å². The van der Waals surface area contributed by atoms with Gasteiger partial charge in [0.2, 0.25) is 11.8 Å². The number of esters is 1. The predicted octanol–water partition coefficient (Wildman–Crippen LogP) is 2.23. The fraction of sp³-hybridized carbons (Fsp3) is 0.783. The average Bonchev–Trinajstić information content (AvgIpc) is 3.39. The minimum atomic E-state index is -0.574. The third-order valence-corrected chi connectivity index (χ3v) is 8.79. The number of carbonyl (C=O) groups is 3. The van der Waals surface area contributed by atoms with Crippen molar-refractivity contribution in [2.75, 3.05) is 32.8 Å². The number of amides is 2. The van der Waals surface area contributed by atoms with Gasteiger partial charge in [-0.3, -0.25) is 14.4 Å². The molecule has 3 heterocycles.